The lowest BCUT2D eigenvalue weighted by Crippen LogP contribution is -2.22. The van der Waals surface area contributed by atoms with E-state index >= 15 is 0 Å². The van der Waals surface area contributed by atoms with Crippen molar-refractivity contribution in [2.45, 2.75) is 19.4 Å². The lowest BCUT2D eigenvalue weighted by Gasteiger charge is -2.15. The van der Waals surface area contributed by atoms with Crippen LogP contribution in [0.15, 0.2) is 24.3 Å². The highest BCUT2D eigenvalue weighted by atomic mass is 16.5. The van der Waals surface area contributed by atoms with Crippen molar-refractivity contribution in [3.63, 3.8) is 0 Å². The number of benzene rings is 1. The van der Waals surface area contributed by atoms with E-state index in [9.17, 15) is 9.59 Å². The summed E-state index contributed by atoms with van der Waals surface area (Å²) in [6, 6.07) is 6.50. The Kier molecular flexibility index (Phi) is 5.00. The van der Waals surface area contributed by atoms with Crippen LogP contribution in [0.3, 0.4) is 0 Å². The van der Waals surface area contributed by atoms with Crippen LogP contribution in [-0.4, -0.2) is 24.1 Å². The van der Waals surface area contributed by atoms with Crippen molar-refractivity contribution in [2.24, 2.45) is 0 Å². The number of amides is 1. The first kappa shape index (κ1) is 13.0. The maximum Gasteiger partial charge on any atom is 0.305 e. The van der Waals surface area contributed by atoms with E-state index in [1.54, 1.807) is 24.3 Å². The summed E-state index contributed by atoms with van der Waals surface area (Å²) >= 11 is 0. The maximum atomic E-state index is 10.7. The average Bonchev–Trinajstić information content (AvgIpc) is 2.29. The van der Waals surface area contributed by atoms with Gasteiger partial charge in [-0.3, -0.25) is 9.59 Å². The molecule has 1 rings (SSSR count). The third-order valence-corrected chi connectivity index (χ3v) is 2.22. The number of carbonyl (C=O) groups excluding carboxylic acids is 1. The number of carboxylic acid groups (broad SMARTS) is 1. The molecule has 1 atom stereocenters. The minimum atomic E-state index is -0.967. The fourth-order valence-corrected chi connectivity index (χ4v) is 1.52. The van der Waals surface area contributed by atoms with Crippen molar-refractivity contribution in [1.82, 2.24) is 5.32 Å². The SMILES string of the molecule is CCOc1cccc([C@@H](CC(=O)O)NC=O)c1. The van der Waals surface area contributed by atoms with Gasteiger partial charge in [-0.1, -0.05) is 12.1 Å². The molecule has 0 aliphatic heterocycles. The van der Waals surface area contributed by atoms with Crippen molar-refractivity contribution in [2.75, 3.05) is 6.61 Å². The van der Waals surface area contributed by atoms with Gasteiger partial charge in [0.15, 0.2) is 0 Å². The molecule has 1 amide bonds. The van der Waals surface area contributed by atoms with Gasteiger partial charge in [0.05, 0.1) is 19.1 Å². The third kappa shape index (κ3) is 4.14. The predicted molar refractivity (Wildman–Crippen MR) is 61.8 cm³/mol. The Labute approximate surface area is 99.4 Å². The van der Waals surface area contributed by atoms with E-state index in [1.807, 2.05) is 6.92 Å². The Morgan fingerprint density at radius 3 is 2.94 bits per heavy atom. The van der Waals surface area contributed by atoms with Gasteiger partial charge in [0.2, 0.25) is 6.41 Å². The topological polar surface area (TPSA) is 75.6 Å². The molecule has 0 bridgehead atoms. The first-order valence-corrected chi connectivity index (χ1v) is 5.31. The first-order valence-electron chi connectivity index (χ1n) is 5.31. The molecule has 0 saturated carbocycles. The monoisotopic (exact) mass is 237 g/mol. The molecular formula is C12H15NO4. The molecule has 92 valence electrons. The molecule has 1 aromatic carbocycles. The molecule has 0 aromatic heterocycles. The second kappa shape index (κ2) is 6.52. The number of rotatable bonds is 7. The van der Waals surface area contributed by atoms with Crippen LogP contribution in [0.4, 0.5) is 0 Å². The summed E-state index contributed by atoms with van der Waals surface area (Å²) in [5.41, 5.74) is 0.713. The van der Waals surface area contributed by atoms with Crippen LogP contribution in [0.1, 0.15) is 24.9 Å². The fraction of sp³-hybridized carbons (Fsp3) is 0.333. The highest BCUT2D eigenvalue weighted by molar-refractivity contribution is 5.68. The minimum absolute atomic E-state index is 0.158. The van der Waals surface area contributed by atoms with Crippen LogP contribution in [0.2, 0.25) is 0 Å². The Hall–Kier alpha value is -2.04. The van der Waals surface area contributed by atoms with Gasteiger partial charge in [-0.25, -0.2) is 0 Å². The molecule has 5 nitrogen and oxygen atoms in total. The standard InChI is InChI=1S/C12H15NO4/c1-2-17-10-5-3-4-9(6-10)11(13-8-14)7-12(15)16/h3-6,8,11H,2,7H2,1H3,(H,13,14)(H,15,16)/t11-/m1/s1. The summed E-state index contributed by atoms with van der Waals surface area (Å²) in [6.45, 7) is 2.40. The number of carbonyl (C=O) groups is 2. The van der Waals surface area contributed by atoms with Crippen LogP contribution in [0.25, 0.3) is 0 Å². The van der Waals surface area contributed by atoms with Crippen LogP contribution in [0, 0.1) is 0 Å². The number of aliphatic carboxylic acids is 1. The van der Waals surface area contributed by atoms with E-state index in [1.165, 1.54) is 0 Å². The molecular weight excluding hydrogens is 222 g/mol. The molecule has 0 aliphatic carbocycles. The van der Waals surface area contributed by atoms with Gasteiger partial charge in [0.1, 0.15) is 5.75 Å². The summed E-state index contributed by atoms with van der Waals surface area (Å²) in [5.74, 6) is -0.306. The average molecular weight is 237 g/mol. The molecule has 2 N–H and O–H groups in total. The molecule has 0 aliphatic rings. The lowest BCUT2D eigenvalue weighted by molar-refractivity contribution is -0.137. The van der Waals surface area contributed by atoms with E-state index in [0.717, 1.165) is 0 Å². The van der Waals surface area contributed by atoms with E-state index in [2.05, 4.69) is 5.32 Å². The molecule has 0 radical (unpaired) electrons. The van der Waals surface area contributed by atoms with Gasteiger partial charge in [-0.05, 0) is 24.6 Å². The zero-order chi connectivity index (χ0) is 12.7. The van der Waals surface area contributed by atoms with Gasteiger partial charge < -0.3 is 15.2 Å². The number of hydrogen-bond acceptors (Lipinski definition) is 3. The zero-order valence-corrected chi connectivity index (χ0v) is 9.55. The number of nitrogens with one attached hydrogen (secondary N) is 1. The highest BCUT2D eigenvalue weighted by Gasteiger charge is 2.15. The van der Waals surface area contributed by atoms with E-state index in [0.29, 0.717) is 24.3 Å². The van der Waals surface area contributed by atoms with E-state index < -0.39 is 12.0 Å². The summed E-state index contributed by atoms with van der Waals surface area (Å²) in [4.78, 5) is 21.1. The second-order valence-corrected chi connectivity index (χ2v) is 3.44. The van der Waals surface area contributed by atoms with Crippen molar-refractivity contribution in [3.05, 3.63) is 29.8 Å². The quantitative estimate of drug-likeness (QED) is 0.702. The number of ether oxygens (including phenoxy) is 1. The minimum Gasteiger partial charge on any atom is -0.494 e. The van der Waals surface area contributed by atoms with Crippen molar-refractivity contribution < 1.29 is 19.4 Å². The van der Waals surface area contributed by atoms with Gasteiger partial charge >= 0.3 is 5.97 Å². The molecule has 0 fully saturated rings. The highest BCUT2D eigenvalue weighted by Crippen LogP contribution is 2.21. The molecule has 1 aromatic rings. The van der Waals surface area contributed by atoms with Gasteiger partial charge in [-0.15, -0.1) is 0 Å². The molecule has 0 spiro atoms. The van der Waals surface area contributed by atoms with Crippen LogP contribution in [-0.2, 0) is 9.59 Å². The van der Waals surface area contributed by atoms with E-state index in [-0.39, 0.29) is 6.42 Å². The summed E-state index contributed by atoms with van der Waals surface area (Å²) in [5, 5.41) is 11.2. The normalized spacial score (nSPS) is 11.6. The third-order valence-electron chi connectivity index (χ3n) is 2.22. The Morgan fingerprint density at radius 1 is 1.59 bits per heavy atom. The summed E-state index contributed by atoms with van der Waals surface area (Å²) in [7, 11) is 0. The van der Waals surface area contributed by atoms with E-state index in [4.69, 9.17) is 9.84 Å². The molecule has 5 heteroatoms. The van der Waals surface area contributed by atoms with Gasteiger partial charge in [0, 0.05) is 0 Å². The summed E-state index contributed by atoms with van der Waals surface area (Å²) < 4.78 is 5.32. The van der Waals surface area contributed by atoms with Crippen molar-refractivity contribution in [3.8, 4) is 5.75 Å². The maximum absolute atomic E-state index is 10.7. The number of hydrogen-bond donors (Lipinski definition) is 2. The van der Waals surface area contributed by atoms with Gasteiger partial charge in [-0.2, -0.15) is 0 Å². The molecule has 0 heterocycles. The smallest absolute Gasteiger partial charge is 0.305 e. The molecule has 0 unspecified atom stereocenters. The lowest BCUT2D eigenvalue weighted by atomic mass is 10.0. The second-order valence-electron chi connectivity index (χ2n) is 3.44. The van der Waals surface area contributed by atoms with Crippen LogP contribution in [0.5, 0.6) is 5.75 Å². The van der Waals surface area contributed by atoms with Crippen molar-refractivity contribution in [1.29, 1.82) is 0 Å². The van der Waals surface area contributed by atoms with Crippen molar-refractivity contribution >= 4 is 12.4 Å². The Balaban J connectivity index is 2.88. The Morgan fingerprint density at radius 2 is 2.35 bits per heavy atom. The molecule has 0 saturated heterocycles. The fourth-order valence-electron chi connectivity index (χ4n) is 1.52. The largest absolute Gasteiger partial charge is 0.494 e. The summed E-state index contributed by atoms with van der Waals surface area (Å²) in [6.07, 6.45) is 0.343. The number of carboxylic acids is 1. The zero-order valence-electron chi connectivity index (χ0n) is 9.55. The van der Waals surface area contributed by atoms with Crippen LogP contribution >= 0.6 is 0 Å². The Bertz CT molecular complexity index is 392. The first-order chi connectivity index (χ1) is 8.17. The van der Waals surface area contributed by atoms with Gasteiger partial charge in [0.25, 0.3) is 0 Å². The molecule has 17 heavy (non-hydrogen) atoms. The van der Waals surface area contributed by atoms with Crippen LogP contribution < -0.4 is 10.1 Å². The predicted octanol–water partition coefficient (Wildman–Crippen LogP) is 1.35.